The largest absolute Gasteiger partial charge is 0.437 e. The van der Waals surface area contributed by atoms with Crippen LogP contribution in [0.2, 0.25) is 0 Å². The van der Waals surface area contributed by atoms with Gasteiger partial charge in [0.1, 0.15) is 5.75 Å². The molecule has 2 aromatic rings. The number of benzene rings is 1. The summed E-state index contributed by atoms with van der Waals surface area (Å²) in [6, 6.07) is 5.87. The molecule has 0 atom stereocenters. The van der Waals surface area contributed by atoms with Crippen molar-refractivity contribution in [1.29, 1.82) is 0 Å². The third-order valence-electron chi connectivity index (χ3n) is 2.64. The summed E-state index contributed by atoms with van der Waals surface area (Å²) in [5.74, 6) is 7.10. The fourth-order valence-electron chi connectivity index (χ4n) is 1.66. The number of halogens is 2. The molecule has 106 valence electrons. The number of hydrogen-bond donors (Lipinski definition) is 2. The molecule has 1 aromatic heterocycles. The molecule has 1 heterocycles. The number of ether oxygens (including phenoxy) is 1. The minimum Gasteiger partial charge on any atom is -0.437 e. The topological polar surface area (TPSA) is 73.1 Å². The van der Waals surface area contributed by atoms with Gasteiger partial charge in [-0.05, 0) is 45.6 Å². The molecule has 0 spiro atoms. The van der Waals surface area contributed by atoms with Gasteiger partial charge < -0.3 is 4.74 Å². The van der Waals surface area contributed by atoms with Crippen LogP contribution in [0.3, 0.4) is 0 Å². The van der Waals surface area contributed by atoms with E-state index in [-0.39, 0.29) is 0 Å². The highest BCUT2D eigenvalue weighted by Crippen LogP contribution is 2.34. The molecule has 7 heteroatoms. The predicted octanol–water partition coefficient (Wildman–Crippen LogP) is 4.20. The van der Waals surface area contributed by atoms with E-state index in [1.54, 1.807) is 6.20 Å². The second-order valence-corrected chi connectivity index (χ2v) is 6.20. The Morgan fingerprint density at radius 2 is 2.05 bits per heavy atom. The van der Waals surface area contributed by atoms with Gasteiger partial charge in [-0.3, -0.25) is 5.43 Å². The van der Waals surface area contributed by atoms with E-state index in [4.69, 9.17) is 10.6 Å². The van der Waals surface area contributed by atoms with Crippen molar-refractivity contribution in [3.05, 3.63) is 38.9 Å². The zero-order valence-corrected chi connectivity index (χ0v) is 14.2. The Labute approximate surface area is 134 Å². The molecular weight excluding hydrogens is 388 g/mol. The number of nitrogen functional groups attached to an aromatic ring is 1. The summed E-state index contributed by atoms with van der Waals surface area (Å²) < 4.78 is 7.56. The second kappa shape index (κ2) is 6.51. The Bertz CT molecular complexity index is 619. The molecular formula is C13H14Br2N4O. The lowest BCUT2D eigenvalue weighted by Crippen LogP contribution is -2.10. The second-order valence-electron chi connectivity index (χ2n) is 4.43. The van der Waals surface area contributed by atoms with Crippen LogP contribution in [0.15, 0.2) is 33.3 Å². The maximum Gasteiger partial charge on any atom is 0.240 e. The summed E-state index contributed by atoms with van der Waals surface area (Å²) in [4.78, 5) is 8.17. The van der Waals surface area contributed by atoms with E-state index in [1.807, 2.05) is 18.2 Å². The minimum atomic E-state index is 0.298. The molecule has 0 aliphatic heterocycles. The quantitative estimate of drug-likeness (QED) is 0.593. The number of hydrazine groups is 1. The molecule has 0 aliphatic rings. The maximum absolute atomic E-state index is 5.88. The van der Waals surface area contributed by atoms with Crippen molar-refractivity contribution < 1.29 is 4.74 Å². The molecule has 0 amide bonds. The van der Waals surface area contributed by atoms with Gasteiger partial charge in [-0.2, -0.15) is 4.98 Å². The van der Waals surface area contributed by atoms with Gasteiger partial charge in [-0.25, -0.2) is 10.8 Å². The Morgan fingerprint density at radius 3 is 2.70 bits per heavy atom. The van der Waals surface area contributed by atoms with Crippen LogP contribution in [-0.4, -0.2) is 9.97 Å². The SMILES string of the molecule is CC(C)c1cc(Br)ccc1Oc1nc(NN)ncc1Br. The van der Waals surface area contributed by atoms with Crippen LogP contribution in [0, 0.1) is 0 Å². The highest BCUT2D eigenvalue weighted by molar-refractivity contribution is 9.10. The first-order chi connectivity index (χ1) is 9.51. The normalized spacial score (nSPS) is 10.7. The van der Waals surface area contributed by atoms with Gasteiger partial charge in [0.15, 0.2) is 0 Å². The van der Waals surface area contributed by atoms with Gasteiger partial charge in [0.2, 0.25) is 11.8 Å². The highest BCUT2D eigenvalue weighted by atomic mass is 79.9. The molecule has 5 nitrogen and oxygen atoms in total. The highest BCUT2D eigenvalue weighted by Gasteiger charge is 2.13. The summed E-state index contributed by atoms with van der Waals surface area (Å²) in [5.41, 5.74) is 3.49. The minimum absolute atomic E-state index is 0.298. The van der Waals surface area contributed by atoms with E-state index in [0.29, 0.717) is 22.2 Å². The van der Waals surface area contributed by atoms with Gasteiger partial charge in [0, 0.05) is 4.47 Å². The van der Waals surface area contributed by atoms with Crippen LogP contribution in [-0.2, 0) is 0 Å². The standard InChI is InChI=1S/C13H14Br2N4O/c1-7(2)9-5-8(14)3-4-11(9)20-12-10(15)6-17-13(18-12)19-16/h3-7H,16H2,1-2H3,(H,17,18,19). The van der Waals surface area contributed by atoms with Crippen LogP contribution in [0.25, 0.3) is 0 Å². The number of hydrogen-bond acceptors (Lipinski definition) is 5. The first kappa shape index (κ1) is 15.2. The van der Waals surface area contributed by atoms with E-state index in [0.717, 1.165) is 15.8 Å². The fourth-order valence-corrected chi connectivity index (χ4v) is 2.31. The third-order valence-corrected chi connectivity index (χ3v) is 3.68. The average Bonchev–Trinajstić information content (AvgIpc) is 2.42. The Morgan fingerprint density at radius 1 is 1.30 bits per heavy atom. The van der Waals surface area contributed by atoms with Crippen molar-refractivity contribution in [2.24, 2.45) is 5.84 Å². The number of anilines is 1. The lowest BCUT2D eigenvalue weighted by molar-refractivity contribution is 0.450. The van der Waals surface area contributed by atoms with E-state index < -0.39 is 0 Å². The summed E-state index contributed by atoms with van der Waals surface area (Å²) in [7, 11) is 0. The Kier molecular flexibility index (Phi) is 4.95. The number of nitrogens with one attached hydrogen (secondary N) is 1. The van der Waals surface area contributed by atoms with Crippen molar-refractivity contribution in [1.82, 2.24) is 9.97 Å². The average molecular weight is 402 g/mol. The number of nitrogens with zero attached hydrogens (tertiary/aromatic N) is 2. The number of rotatable bonds is 4. The van der Waals surface area contributed by atoms with Gasteiger partial charge in [-0.15, -0.1) is 0 Å². The van der Waals surface area contributed by atoms with E-state index >= 15 is 0 Å². The molecule has 0 bridgehead atoms. The van der Waals surface area contributed by atoms with Crippen LogP contribution in [0.4, 0.5) is 5.95 Å². The van der Waals surface area contributed by atoms with Crippen molar-refractivity contribution in [3.8, 4) is 11.6 Å². The molecule has 0 saturated carbocycles. The molecule has 20 heavy (non-hydrogen) atoms. The molecule has 2 rings (SSSR count). The predicted molar refractivity (Wildman–Crippen MR) is 85.8 cm³/mol. The number of nitrogens with two attached hydrogens (primary N) is 1. The molecule has 0 aliphatic carbocycles. The molecule has 0 unspecified atom stereocenters. The van der Waals surface area contributed by atoms with E-state index in [9.17, 15) is 0 Å². The molecule has 1 aromatic carbocycles. The third kappa shape index (κ3) is 3.47. The first-order valence-corrected chi connectivity index (χ1v) is 7.56. The van der Waals surface area contributed by atoms with Gasteiger partial charge in [0.05, 0.1) is 10.7 Å². The fraction of sp³-hybridized carbons (Fsp3) is 0.231. The van der Waals surface area contributed by atoms with Crippen molar-refractivity contribution in [2.75, 3.05) is 5.43 Å². The molecule has 0 fully saturated rings. The Hall–Kier alpha value is -1.18. The van der Waals surface area contributed by atoms with Crippen LogP contribution < -0.4 is 16.0 Å². The first-order valence-electron chi connectivity index (χ1n) is 5.97. The Balaban J connectivity index is 2.39. The smallest absolute Gasteiger partial charge is 0.240 e. The summed E-state index contributed by atoms with van der Waals surface area (Å²) in [6.45, 7) is 4.22. The monoisotopic (exact) mass is 400 g/mol. The van der Waals surface area contributed by atoms with Crippen LogP contribution >= 0.6 is 31.9 Å². The molecule has 0 saturated heterocycles. The lowest BCUT2D eigenvalue weighted by Gasteiger charge is -2.14. The lowest BCUT2D eigenvalue weighted by atomic mass is 10.0. The van der Waals surface area contributed by atoms with Crippen LogP contribution in [0.5, 0.6) is 11.6 Å². The number of aromatic nitrogens is 2. The van der Waals surface area contributed by atoms with E-state index in [2.05, 4.69) is 61.1 Å². The van der Waals surface area contributed by atoms with Gasteiger partial charge in [0.25, 0.3) is 0 Å². The van der Waals surface area contributed by atoms with Crippen LogP contribution in [0.1, 0.15) is 25.3 Å². The maximum atomic E-state index is 5.88. The van der Waals surface area contributed by atoms with Crippen molar-refractivity contribution in [3.63, 3.8) is 0 Å². The summed E-state index contributed by atoms with van der Waals surface area (Å²) in [6.07, 6.45) is 1.59. The summed E-state index contributed by atoms with van der Waals surface area (Å²) >= 11 is 6.84. The zero-order valence-electron chi connectivity index (χ0n) is 11.0. The van der Waals surface area contributed by atoms with E-state index in [1.165, 1.54) is 0 Å². The zero-order chi connectivity index (χ0) is 14.7. The molecule has 3 N–H and O–H groups in total. The van der Waals surface area contributed by atoms with Gasteiger partial charge >= 0.3 is 0 Å². The summed E-state index contributed by atoms with van der Waals surface area (Å²) in [5, 5.41) is 0. The molecule has 0 radical (unpaired) electrons. The van der Waals surface area contributed by atoms with Crippen molar-refractivity contribution in [2.45, 2.75) is 19.8 Å². The van der Waals surface area contributed by atoms with Crippen molar-refractivity contribution >= 4 is 37.8 Å². The van der Waals surface area contributed by atoms with Gasteiger partial charge in [-0.1, -0.05) is 29.8 Å².